The summed E-state index contributed by atoms with van der Waals surface area (Å²) in [4.78, 5) is 12.6. The first-order chi connectivity index (χ1) is 13.8. The Morgan fingerprint density at radius 3 is 2.48 bits per heavy atom. The average Bonchev–Trinajstić information content (AvgIpc) is 3.30. The lowest BCUT2D eigenvalue weighted by molar-refractivity contribution is 0.304. The maximum absolute atomic E-state index is 12.9. The third kappa shape index (κ3) is 4.29. The van der Waals surface area contributed by atoms with Gasteiger partial charge in [0.15, 0.2) is 0 Å². The molecular weight excluding hydrogens is 412 g/mol. The molecule has 0 atom stereocenters. The minimum atomic E-state index is -3.41. The molecule has 1 aliphatic heterocycles. The van der Waals surface area contributed by atoms with Crippen LogP contribution in [0.1, 0.15) is 61.9 Å². The second-order valence-corrected chi connectivity index (χ2v) is 10.5. The maximum atomic E-state index is 12.9. The molecule has 2 fully saturated rings. The van der Waals surface area contributed by atoms with E-state index in [-0.39, 0.29) is 23.4 Å². The standard InChI is InChI=1S/C20H27ClN4O3S/c1-23-20(26)25(18-7-2-3-8-18)19(22-23)16-9-11-24(12-10-16)29(27,28)14-15-5-4-6-17(21)13-15/h4-6,13,16,18H,2-3,7-12,14H2,1H3. The van der Waals surface area contributed by atoms with Crippen molar-refractivity contribution in [2.45, 2.75) is 56.2 Å². The van der Waals surface area contributed by atoms with Crippen LogP contribution in [0.25, 0.3) is 0 Å². The predicted octanol–water partition coefficient (Wildman–Crippen LogP) is 3.06. The number of benzene rings is 1. The van der Waals surface area contributed by atoms with Crippen molar-refractivity contribution in [3.8, 4) is 0 Å². The molecule has 2 aromatic rings. The SMILES string of the molecule is Cn1nc(C2CCN(S(=O)(=O)Cc3cccc(Cl)c3)CC2)n(C2CCCC2)c1=O. The summed E-state index contributed by atoms with van der Waals surface area (Å²) in [5, 5.41) is 5.07. The first kappa shape index (κ1) is 20.6. The molecule has 0 bridgehead atoms. The normalized spacial score (nSPS) is 19.8. The zero-order valence-electron chi connectivity index (χ0n) is 16.6. The van der Waals surface area contributed by atoms with Gasteiger partial charge in [0.05, 0.1) is 5.75 Å². The largest absolute Gasteiger partial charge is 0.345 e. The Bertz CT molecular complexity index is 1030. The molecule has 7 nitrogen and oxygen atoms in total. The number of sulfonamides is 1. The third-order valence-electron chi connectivity index (χ3n) is 6.12. The van der Waals surface area contributed by atoms with Gasteiger partial charge in [-0.25, -0.2) is 22.2 Å². The van der Waals surface area contributed by atoms with Gasteiger partial charge in [0.25, 0.3) is 0 Å². The monoisotopic (exact) mass is 438 g/mol. The van der Waals surface area contributed by atoms with E-state index in [4.69, 9.17) is 11.6 Å². The van der Waals surface area contributed by atoms with Crippen LogP contribution in [0.3, 0.4) is 0 Å². The van der Waals surface area contributed by atoms with Crippen LogP contribution in [0.4, 0.5) is 0 Å². The lowest BCUT2D eigenvalue weighted by Gasteiger charge is -2.31. The Balaban J connectivity index is 1.47. The summed E-state index contributed by atoms with van der Waals surface area (Å²) in [6, 6.07) is 7.21. The number of aromatic nitrogens is 3. The smallest absolute Gasteiger partial charge is 0.276 e. The van der Waals surface area contributed by atoms with Crippen LogP contribution >= 0.6 is 11.6 Å². The van der Waals surface area contributed by atoms with Gasteiger partial charge in [-0.3, -0.25) is 4.57 Å². The summed E-state index contributed by atoms with van der Waals surface area (Å²) in [6.45, 7) is 0.895. The minimum absolute atomic E-state index is 0.0470. The molecule has 1 aliphatic carbocycles. The van der Waals surface area contributed by atoms with E-state index in [0.29, 0.717) is 36.5 Å². The average molecular weight is 439 g/mol. The van der Waals surface area contributed by atoms with E-state index in [0.717, 1.165) is 31.5 Å². The number of aryl methyl sites for hydroxylation is 1. The van der Waals surface area contributed by atoms with E-state index in [2.05, 4.69) is 5.10 Å². The summed E-state index contributed by atoms with van der Waals surface area (Å²) < 4.78 is 30.6. The minimum Gasteiger partial charge on any atom is -0.276 e. The van der Waals surface area contributed by atoms with E-state index in [9.17, 15) is 13.2 Å². The highest BCUT2D eigenvalue weighted by molar-refractivity contribution is 7.88. The molecule has 158 valence electrons. The van der Waals surface area contributed by atoms with E-state index in [1.807, 2.05) is 4.57 Å². The first-order valence-electron chi connectivity index (χ1n) is 10.2. The molecule has 29 heavy (non-hydrogen) atoms. The van der Waals surface area contributed by atoms with Crippen molar-refractivity contribution in [1.82, 2.24) is 18.7 Å². The van der Waals surface area contributed by atoms with Crippen molar-refractivity contribution in [2.24, 2.45) is 7.05 Å². The molecule has 4 rings (SSSR count). The Hall–Kier alpha value is -1.64. The van der Waals surface area contributed by atoms with Gasteiger partial charge in [-0.1, -0.05) is 36.6 Å². The van der Waals surface area contributed by atoms with Crippen LogP contribution in [-0.4, -0.2) is 40.2 Å². The van der Waals surface area contributed by atoms with Gasteiger partial charge in [-0.05, 0) is 43.4 Å². The Kier molecular flexibility index (Phi) is 5.86. The van der Waals surface area contributed by atoms with Crippen molar-refractivity contribution in [3.05, 3.63) is 51.2 Å². The Labute approximate surface area is 176 Å². The molecular formula is C20H27ClN4O3S. The molecule has 0 radical (unpaired) electrons. The van der Waals surface area contributed by atoms with E-state index < -0.39 is 10.0 Å². The van der Waals surface area contributed by atoms with Gasteiger partial charge in [-0.2, -0.15) is 5.10 Å². The van der Waals surface area contributed by atoms with Gasteiger partial charge in [0.1, 0.15) is 5.82 Å². The van der Waals surface area contributed by atoms with Gasteiger partial charge >= 0.3 is 5.69 Å². The lowest BCUT2D eigenvalue weighted by atomic mass is 9.97. The Morgan fingerprint density at radius 1 is 1.14 bits per heavy atom. The van der Waals surface area contributed by atoms with E-state index in [1.165, 1.54) is 4.68 Å². The number of halogens is 1. The zero-order chi connectivity index (χ0) is 20.6. The first-order valence-corrected chi connectivity index (χ1v) is 12.2. The van der Waals surface area contributed by atoms with Gasteiger partial charge in [-0.15, -0.1) is 0 Å². The van der Waals surface area contributed by atoms with Gasteiger partial charge < -0.3 is 0 Å². The Morgan fingerprint density at radius 2 is 1.83 bits per heavy atom. The van der Waals surface area contributed by atoms with Gasteiger partial charge in [0.2, 0.25) is 10.0 Å². The molecule has 1 aromatic heterocycles. The van der Waals surface area contributed by atoms with Crippen molar-refractivity contribution in [2.75, 3.05) is 13.1 Å². The molecule has 0 N–H and O–H groups in total. The highest BCUT2D eigenvalue weighted by Crippen LogP contribution is 2.34. The second kappa shape index (κ2) is 8.24. The molecule has 1 saturated heterocycles. The molecule has 0 amide bonds. The van der Waals surface area contributed by atoms with Crippen LogP contribution in [0.15, 0.2) is 29.1 Å². The summed E-state index contributed by atoms with van der Waals surface area (Å²) in [5.74, 6) is 0.896. The van der Waals surface area contributed by atoms with Crippen molar-refractivity contribution >= 4 is 21.6 Å². The summed E-state index contributed by atoms with van der Waals surface area (Å²) in [7, 11) is -1.71. The third-order valence-corrected chi connectivity index (χ3v) is 8.21. The van der Waals surface area contributed by atoms with Crippen LogP contribution in [0, 0.1) is 0 Å². The van der Waals surface area contributed by atoms with Gasteiger partial charge in [0, 0.05) is 37.1 Å². The van der Waals surface area contributed by atoms with E-state index in [1.54, 1.807) is 35.6 Å². The molecule has 1 aromatic carbocycles. The van der Waals surface area contributed by atoms with Crippen LogP contribution in [0.5, 0.6) is 0 Å². The molecule has 2 heterocycles. The molecule has 0 unspecified atom stereocenters. The quantitative estimate of drug-likeness (QED) is 0.718. The predicted molar refractivity (Wildman–Crippen MR) is 113 cm³/mol. The van der Waals surface area contributed by atoms with Crippen LogP contribution in [0.2, 0.25) is 5.02 Å². The number of piperidine rings is 1. The fraction of sp³-hybridized carbons (Fsp3) is 0.600. The van der Waals surface area contributed by atoms with E-state index >= 15 is 0 Å². The summed E-state index contributed by atoms with van der Waals surface area (Å²) >= 11 is 5.98. The number of hydrogen-bond donors (Lipinski definition) is 0. The highest BCUT2D eigenvalue weighted by atomic mass is 35.5. The number of nitrogens with zero attached hydrogens (tertiary/aromatic N) is 4. The molecule has 9 heteroatoms. The number of rotatable bonds is 5. The molecule has 1 saturated carbocycles. The van der Waals surface area contributed by atoms with Crippen LogP contribution < -0.4 is 5.69 Å². The molecule has 0 spiro atoms. The number of hydrogen-bond acceptors (Lipinski definition) is 4. The van der Waals surface area contributed by atoms with Crippen molar-refractivity contribution in [3.63, 3.8) is 0 Å². The van der Waals surface area contributed by atoms with Crippen LogP contribution in [-0.2, 0) is 22.8 Å². The highest BCUT2D eigenvalue weighted by Gasteiger charge is 2.33. The van der Waals surface area contributed by atoms with Crippen molar-refractivity contribution in [1.29, 1.82) is 0 Å². The summed E-state index contributed by atoms with van der Waals surface area (Å²) in [6.07, 6.45) is 5.68. The fourth-order valence-electron chi connectivity index (χ4n) is 4.60. The zero-order valence-corrected chi connectivity index (χ0v) is 18.2. The lowest BCUT2D eigenvalue weighted by Crippen LogP contribution is -2.39. The topological polar surface area (TPSA) is 77.2 Å². The van der Waals surface area contributed by atoms with Crippen molar-refractivity contribution < 1.29 is 8.42 Å². The molecule has 2 aliphatic rings. The fourth-order valence-corrected chi connectivity index (χ4v) is 6.37. The summed E-state index contributed by atoms with van der Waals surface area (Å²) in [5.41, 5.74) is 0.641. The maximum Gasteiger partial charge on any atom is 0.345 e. The second-order valence-electron chi connectivity index (χ2n) is 8.13.